The summed E-state index contributed by atoms with van der Waals surface area (Å²) >= 11 is 1.52. The van der Waals surface area contributed by atoms with Gasteiger partial charge in [-0.15, -0.1) is 10.2 Å². The van der Waals surface area contributed by atoms with Gasteiger partial charge in [-0.05, 0) is 25.2 Å². The number of rotatable bonds is 4. The van der Waals surface area contributed by atoms with Crippen molar-refractivity contribution in [1.29, 1.82) is 0 Å². The lowest BCUT2D eigenvalue weighted by Gasteiger charge is -2.10. The molecule has 19 heavy (non-hydrogen) atoms. The van der Waals surface area contributed by atoms with Crippen LogP contribution in [0.3, 0.4) is 0 Å². The zero-order valence-corrected chi connectivity index (χ0v) is 12.1. The minimum atomic E-state index is -0.0240. The Balaban J connectivity index is 1.88. The highest BCUT2D eigenvalue weighted by Gasteiger charge is 2.25. The molecule has 7 heteroatoms. The van der Waals surface area contributed by atoms with Crippen LogP contribution in [0.4, 0.5) is 0 Å². The van der Waals surface area contributed by atoms with Crippen LogP contribution >= 0.6 is 11.3 Å². The Kier molecular flexibility index (Phi) is 3.51. The lowest BCUT2D eigenvalue weighted by Crippen LogP contribution is -2.13. The highest BCUT2D eigenvalue weighted by molar-refractivity contribution is 7.16. The Morgan fingerprint density at radius 2 is 2.32 bits per heavy atom. The van der Waals surface area contributed by atoms with Gasteiger partial charge in [0.2, 0.25) is 4.96 Å². The third-order valence-corrected chi connectivity index (χ3v) is 4.32. The standard InChI is InChI=1S/C12H19N5OS/c1-7(2)6-8(13)11-16-17-10(9-4-3-5-18-9)14-15-12(17)19-11/h7-9H,3-6,13H2,1-2H3. The molecule has 2 atom stereocenters. The van der Waals surface area contributed by atoms with Crippen LogP contribution in [-0.2, 0) is 4.74 Å². The van der Waals surface area contributed by atoms with E-state index in [1.54, 1.807) is 4.52 Å². The second kappa shape index (κ2) is 5.15. The summed E-state index contributed by atoms with van der Waals surface area (Å²) in [5, 5.41) is 13.9. The van der Waals surface area contributed by atoms with E-state index >= 15 is 0 Å². The van der Waals surface area contributed by atoms with Crippen molar-refractivity contribution in [2.75, 3.05) is 6.61 Å². The maximum absolute atomic E-state index is 6.18. The molecule has 104 valence electrons. The van der Waals surface area contributed by atoms with E-state index in [1.807, 2.05) is 0 Å². The molecule has 6 nitrogen and oxygen atoms in total. The second-order valence-electron chi connectivity index (χ2n) is 5.43. The molecule has 0 radical (unpaired) electrons. The van der Waals surface area contributed by atoms with Crippen LogP contribution in [0.1, 0.15) is 56.1 Å². The van der Waals surface area contributed by atoms with Crippen LogP contribution in [0.25, 0.3) is 4.96 Å². The first-order valence-electron chi connectivity index (χ1n) is 6.74. The lowest BCUT2D eigenvalue weighted by molar-refractivity contribution is 0.103. The summed E-state index contributed by atoms with van der Waals surface area (Å²) in [6.45, 7) is 5.12. The third kappa shape index (κ3) is 2.50. The topological polar surface area (TPSA) is 78.3 Å². The molecule has 2 aromatic rings. The summed E-state index contributed by atoms with van der Waals surface area (Å²) in [7, 11) is 0. The van der Waals surface area contributed by atoms with E-state index in [-0.39, 0.29) is 12.1 Å². The van der Waals surface area contributed by atoms with Crippen LogP contribution in [0.5, 0.6) is 0 Å². The van der Waals surface area contributed by atoms with Crippen molar-refractivity contribution in [3.05, 3.63) is 10.8 Å². The Morgan fingerprint density at radius 3 is 3.00 bits per heavy atom. The summed E-state index contributed by atoms with van der Waals surface area (Å²) < 4.78 is 7.45. The molecule has 0 saturated carbocycles. The fourth-order valence-electron chi connectivity index (χ4n) is 2.39. The molecular formula is C12H19N5OS. The number of hydrogen-bond donors (Lipinski definition) is 1. The average Bonchev–Trinajstić information content (AvgIpc) is 3.03. The van der Waals surface area contributed by atoms with Gasteiger partial charge >= 0.3 is 0 Å². The molecule has 0 amide bonds. The average molecular weight is 281 g/mol. The highest BCUT2D eigenvalue weighted by Crippen LogP contribution is 2.30. The van der Waals surface area contributed by atoms with Gasteiger partial charge in [-0.25, -0.2) is 0 Å². The normalized spacial score (nSPS) is 21.6. The van der Waals surface area contributed by atoms with E-state index in [0.717, 1.165) is 41.7 Å². The molecular weight excluding hydrogens is 262 g/mol. The Hall–Kier alpha value is -1.05. The fourth-order valence-corrected chi connectivity index (χ4v) is 3.25. The van der Waals surface area contributed by atoms with E-state index in [0.29, 0.717) is 5.92 Å². The van der Waals surface area contributed by atoms with E-state index in [4.69, 9.17) is 10.5 Å². The number of fused-ring (bicyclic) bond motifs is 1. The largest absolute Gasteiger partial charge is 0.370 e. The molecule has 3 heterocycles. The molecule has 0 bridgehead atoms. The molecule has 0 aromatic carbocycles. The number of aromatic nitrogens is 4. The lowest BCUT2D eigenvalue weighted by atomic mass is 10.1. The van der Waals surface area contributed by atoms with Crippen molar-refractivity contribution in [3.63, 3.8) is 0 Å². The van der Waals surface area contributed by atoms with Crippen LogP contribution in [0, 0.1) is 5.92 Å². The minimum absolute atomic E-state index is 0.0240. The predicted octanol–water partition coefficient (Wildman–Crippen LogP) is 2.08. The highest BCUT2D eigenvalue weighted by atomic mass is 32.1. The molecule has 2 aromatic heterocycles. The van der Waals surface area contributed by atoms with Gasteiger partial charge in [0.25, 0.3) is 0 Å². The number of nitrogens with zero attached hydrogens (tertiary/aromatic N) is 4. The third-order valence-electron chi connectivity index (χ3n) is 3.29. The Morgan fingerprint density at radius 1 is 1.47 bits per heavy atom. The van der Waals surface area contributed by atoms with E-state index in [9.17, 15) is 0 Å². The maximum atomic E-state index is 6.18. The zero-order valence-electron chi connectivity index (χ0n) is 11.2. The van der Waals surface area contributed by atoms with Gasteiger partial charge in [0.15, 0.2) is 5.82 Å². The van der Waals surface area contributed by atoms with Gasteiger partial charge in [-0.3, -0.25) is 0 Å². The number of hydrogen-bond acceptors (Lipinski definition) is 6. The fraction of sp³-hybridized carbons (Fsp3) is 0.750. The SMILES string of the molecule is CC(C)CC(N)c1nn2c(C3CCCO3)nnc2s1. The molecule has 1 saturated heterocycles. The Labute approximate surface area is 116 Å². The van der Waals surface area contributed by atoms with Crippen LogP contribution in [-0.4, -0.2) is 26.4 Å². The second-order valence-corrected chi connectivity index (χ2v) is 6.42. The van der Waals surface area contributed by atoms with Gasteiger partial charge in [0, 0.05) is 6.61 Å². The monoisotopic (exact) mass is 281 g/mol. The van der Waals surface area contributed by atoms with Crippen LogP contribution < -0.4 is 5.73 Å². The van der Waals surface area contributed by atoms with Crippen molar-refractivity contribution in [2.45, 2.75) is 45.3 Å². The van der Waals surface area contributed by atoms with E-state index in [2.05, 4.69) is 29.1 Å². The summed E-state index contributed by atoms with van der Waals surface area (Å²) in [4.78, 5) is 0.805. The molecule has 0 aliphatic carbocycles. The first-order valence-corrected chi connectivity index (χ1v) is 7.56. The smallest absolute Gasteiger partial charge is 0.234 e. The van der Waals surface area contributed by atoms with Crippen molar-refractivity contribution in [1.82, 2.24) is 19.8 Å². The van der Waals surface area contributed by atoms with Gasteiger partial charge in [-0.1, -0.05) is 25.2 Å². The molecule has 1 aliphatic rings. The summed E-state index contributed by atoms with van der Waals surface area (Å²) in [6.07, 6.45) is 3.03. The molecule has 1 fully saturated rings. The van der Waals surface area contributed by atoms with Crippen LogP contribution in [0.2, 0.25) is 0 Å². The zero-order chi connectivity index (χ0) is 13.4. The maximum Gasteiger partial charge on any atom is 0.234 e. The minimum Gasteiger partial charge on any atom is -0.370 e. The van der Waals surface area contributed by atoms with Crippen molar-refractivity contribution in [3.8, 4) is 0 Å². The molecule has 2 N–H and O–H groups in total. The summed E-state index contributed by atoms with van der Waals surface area (Å²) in [5.41, 5.74) is 6.18. The van der Waals surface area contributed by atoms with Gasteiger partial charge in [0.05, 0.1) is 6.04 Å². The first kappa shape index (κ1) is 13.0. The van der Waals surface area contributed by atoms with E-state index in [1.165, 1.54) is 11.3 Å². The molecule has 1 aliphatic heterocycles. The van der Waals surface area contributed by atoms with Crippen molar-refractivity contribution in [2.24, 2.45) is 11.7 Å². The van der Waals surface area contributed by atoms with Gasteiger partial charge in [-0.2, -0.15) is 9.61 Å². The van der Waals surface area contributed by atoms with Crippen molar-refractivity contribution < 1.29 is 4.74 Å². The van der Waals surface area contributed by atoms with Gasteiger partial charge < -0.3 is 10.5 Å². The van der Waals surface area contributed by atoms with E-state index < -0.39 is 0 Å². The molecule has 3 rings (SSSR count). The number of nitrogens with two attached hydrogens (primary N) is 1. The van der Waals surface area contributed by atoms with Crippen LogP contribution in [0.15, 0.2) is 0 Å². The predicted molar refractivity (Wildman–Crippen MR) is 73.0 cm³/mol. The number of ether oxygens (including phenoxy) is 1. The van der Waals surface area contributed by atoms with Gasteiger partial charge in [0.1, 0.15) is 11.1 Å². The van der Waals surface area contributed by atoms with Crippen molar-refractivity contribution >= 4 is 16.3 Å². The first-order chi connectivity index (χ1) is 9.15. The molecule has 2 unspecified atom stereocenters. The Bertz CT molecular complexity index is 557. The summed E-state index contributed by atoms with van der Waals surface area (Å²) in [6, 6.07) is -0.0240. The quantitative estimate of drug-likeness (QED) is 0.928. The molecule has 0 spiro atoms. The summed E-state index contributed by atoms with van der Waals surface area (Å²) in [5.74, 6) is 1.37.